The molecule has 136 valence electrons. The number of aromatic nitrogens is 3. The molecule has 1 atom stereocenters. The summed E-state index contributed by atoms with van der Waals surface area (Å²) in [6.07, 6.45) is -0.278. The second-order valence-electron chi connectivity index (χ2n) is 5.60. The predicted octanol–water partition coefficient (Wildman–Crippen LogP) is 5.80. The molecule has 0 fully saturated rings. The van der Waals surface area contributed by atoms with Crippen LogP contribution in [0.3, 0.4) is 0 Å². The van der Waals surface area contributed by atoms with Crippen molar-refractivity contribution in [2.24, 2.45) is 7.05 Å². The van der Waals surface area contributed by atoms with Crippen LogP contribution in [0.5, 0.6) is 5.75 Å². The summed E-state index contributed by atoms with van der Waals surface area (Å²) in [5, 5.41) is 9.49. The van der Waals surface area contributed by atoms with E-state index in [9.17, 15) is 4.39 Å². The van der Waals surface area contributed by atoms with Crippen molar-refractivity contribution in [3.05, 3.63) is 69.2 Å². The Morgan fingerprint density at radius 2 is 1.96 bits per heavy atom. The quantitative estimate of drug-likeness (QED) is 0.439. The van der Waals surface area contributed by atoms with Crippen molar-refractivity contribution in [3.8, 4) is 5.75 Å². The first-order valence-electron chi connectivity index (χ1n) is 7.83. The third-order valence-corrected chi connectivity index (χ3v) is 5.70. The molecule has 0 bridgehead atoms. The molecule has 0 aliphatic carbocycles. The molecule has 3 rings (SSSR count). The number of rotatable bonds is 6. The lowest BCUT2D eigenvalue weighted by Gasteiger charge is -2.14. The van der Waals surface area contributed by atoms with Gasteiger partial charge in [0.1, 0.15) is 11.6 Å². The van der Waals surface area contributed by atoms with E-state index in [1.807, 2.05) is 42.8 Å². The zero-order valence-electron chi connectivity index (χ0n) is 14.1. The number of hydrogen-bond acceptors (Lipinski definition) is 4. The van der Waals surface area contributed by atoms with Crippen LogP contribution in [0.2, 0.25) is 5.02 Å². The molecule has 3 aromatic rings. The summed E-state index contributed by atoms with van der Waals surface area (Å²) in [4.78, 5) is 0. The highest BCUT2D eigenvalue weighted by Crippen LogP contribution is 2.29. The second-order valence-corrected chi connectivity index (χ2v) is 7.87. The summed E-state index contributed by atoms with van der Waals surface area (Å²) in [6, 6.07) is 12.3. The highest BCUT2D eigenvalue weighted by Gasteiger charge is 2.18. The van der Waals surface area contributed by atoms with E-state index in [1.165, 1.54) is 17.8 Å². The molecule has 0 aliphatic rings. The highest BCUT2D eigenvalue weighted by molar-refractivity contribution is 9.10. The standard InChI is InChI=1S/C18H16BrClFN3OS/c1-11(25-13-8-6-12(19)7-9-13)17-22-23-18(24(17)2)26-10-14-15(20)4-3-5-16(14)21/h3-9,11H,10H2,1-2H3/t11-/m0/s1. The van der Waals surface area contributed by atoms with Crippen LogP contribution in [0.1, 0.15) is 24.4 Å². The van der Waals surface area contributed by atoms with Gasteiger partial charge >= 0.3 is 0 Å². The maximum atomic E-state index is 13.9. The summed E-state index contributed by atoms with van der Waals surface area (Å²) in [5.41, 5.74) is 0.461. The molecule has 4 nitrogen and oxygen atoms in total. The Bertz CT molecular complexity index is 884. The van der Waals surface area contributed by atoms with Crippen LogP contribution in [0.4, 0.5) is 4.39 Å². The summed E-state index contributed by atoms with van der Waals surface area (Å²) >= 11 is 10.8. The number of benzene rings is 2. The molecule has 0 radical (unpaired) electrons. The molecule has 0 spiro atoms. The number of hydrogen-bond donors (Lipinski definition) is 0. The molecule has 0 amide bonds. The van der Waals surface area contributed by atoms with Crippen LogP contribution in [-0.4, -0.2) is 14.8 Å². The van der Waals surface area contributed by atoms with Crippen LogP contribution in [0, 0.1) is 5.82 Å². The minimum atomic E-state index is -0.320. The monoisotopic (exact) mass is 455 g/mol. The van der Waals surface area contributed by atoms with Gasteiger partial charge in [-0.15, -0.1) is 10.2 Å². The first-order valence-corrected chi connectivity index (χ1v) is 9.98. The molecule has 0 saturated heterocycles. The van der Waals surface area contributed by atoms with Gasteiger partial charge in [0.05, 0.1) is 0 Å². The molecule has 1 heterocycles. The normalized spacial score (nSPS) is 12.2. The third-order valence-electron chi connectivity index (χ3n) is 3.77. The SMILES string of the molecule is C[C@H](Oc1ccc(Br)cc1)c1nnc(SCc2c(F)cccc2Cl)n1C. The number of nitrogens with zero attached hydrogens (tertiary/aromatic N) is 3. The Kier molecular flexibility index (Phi) is 6.21. The van der Waals surface area contributed by atoms with E-state index < -0.39 is 0 Å². The molecular formula is C18H16BrClFN3OS. The van der Waals surface area contributed by atoms with Crippen molar-refractivity contribution in [2.75, 3.05) is 0 Å². The topological polar surface area (TPSA) is 39.9 Å². The molecule has 2 aromatic carbocycles. The minimum Gasteiger partial charge on any atom is -0.483 e. The smallest absolute Gasteiger partial charge is 0.191 e. The van der Waals surface area contributed by atoms with Crippen molar-refractivity contribution in [2.45, 2.75) is 23.9 Å². The molecule has 0 saturated carbocycles. The lowest BCUT2D eigenvalue weighted by atomic mass is 10.2. The molecule has 0 unspecified atom stereocenters. The number of halogens is 3. The van der Waals surface area contributed by atoms with E-state index >= 15 is 0 Å². The predicted molar refractivity (Wildman–Crippen MR) is 105 cm³/mol. The molecule has 0 N–H and O–H groups in total. The van der Waals surface area contributed by atoms with Crippen molar-refractivity contribution >= 4 is 39.3 Å². The van der Waals surface area contributed by atoms with Crippen molar-refractivity contribution in [3.63, 3.8) is 0 Å². The zero-order valence-corrected chi connectivity index (χ0v) is 17.3. The summed E-state index contributed by atoms with van der Waals surface area (Å²) in [6.45, 7) is 1.91. The number of ether oxygens (including phenoxy) is 1. The van der Waals surface area contributed by atoms with Crippen LogP contribution < -0.4 is 4.74 Å². The van der Waals surface area contributed by atoms with Crippen molar-refractivity contribution < 1.29 is 9.13 Å². The van der Waals surface area contributed by atoms with E-state index in [4.69, 9.17) is 16.3 Å². The summed E-state index contributed by atoms with van der Waals surface area (Å²) < 4.78 is 22.6. The fourth-order valence-electron chi connectivity index (χ4n) is 2.38. The Morgan fingerprint density at radius 1 is 1.23 bits per heavy atom. The highest BCUT2D eigenvalue weighted by atomic mass is 79.9. The largest absolute Gasteiger partial charge is 0.483 e. The lowest BCUT2D eigenvalue weighted by Crippen LogP contribution is -2.10. The van der Waals surface area contributed by atoms with E-state index in [-0.39, 0.29) is 11.9 Å². The minimum absolute atomic E-state index is 0.278. The second kappa shape index (κ2) is 8.41. The number of thioether (sulfide) groups is 1. The average molecular weight is 457 g/mol. The summed E-state index contributed by atoms with van der Waals surface area (Å²) in [7, 11) is 1.86. The molecule has 0 aliphatic heterocycles. The first kappa shape index (κ1) is 19.2. The Labute approximate surface area is 168 Å². The average Bonchev–Trinajstić information content (AvgIpc) is 2.97. The molecule has 1 aromatic heterocycles. The van der Waals surface area contributed by atoms with E-state index in [0.29, 0.717) is 27.3 Å². The van der Waals surface area contributed by atoms with Gasteiger partial charge in [0.25, 0.3) is 0 Å². The van der Waals surface area contributed by atoms with Gasteiger partial charge in [-0.3, -0.25) is 0 Å². The summed E-state index contributed by atoms with van der Waals surface area (Å²) in [5.74, 6) is 1.49. The fraction of sp³-hybridized carbons (Fsp3) is 0.222. The van der Waals surface area contributed by atoms with Crippen LogP contribution in [0.15, 0.2) is 52.1 Å². The van der Waals surface area contributed by atoms with Crippen molar-refractivity contribution in [1.82, 2.24) is 14.8 Å². The maximum absolute atomic E-state index is 13.9. The van der Waals surface area contributed by atoms with Gasteiger partial charge in [-0.1, -0.05) is 45.4 Å². The first-order chi connectivity index (χ1) is 12.5. The van der Waals surface area contributed by atoms with E-state index in [1.54, 1.807) is 12.1 Å². The van der Waals surface area contributed by atoms with E-state index in [0.717, 1.165) is 10.2 Å². The van der Waals surface area contributed by atoms with Crippen LogP contribution in [0.25, 0.3) is 0 Å². The van der Waals surface area contributed by atoms with Gasteiger partial charge in [-0.05, 0) is 43.3 Å². The Balaban J connectivity index is 1.70. The molecule has 8 heteroatoms. The lowest BCUT2D eigenvalue weighted by molar-refractivity contribution is 0.211. The van der Waals surface area contributed by atoms with Crippen molar-refractivity contribution in [1.29, 1.82) is 0 Å². The van der Waals surface area contributed by atoms with Gasteiger partial charge in [-0.25, -0.2) is 4.39 Å². The molecular weight excluding hydrogens is 441 g/mol. The van der Waals surface area contributed by atoms with Crippen LogP contribution >= 0.6 is 39.3 Å². The van der Waals surface area contributed by atoms with E-state index in [2.05, 4.69) is 26.1 Å². The zero-order chi connectivity index (χ0) is 18.7. The van der Waals surface area contributed by atoms with Gasteiger partial charge in [-0.2, -0.15) is 0 Å². The third kappa shape index (κ3) is 4.39. The maximum Gasteiger partial charge on any atom is 0.191 e. The Hall–Kier alpha value is -1.57. The van der Waals surface area contributed by atoms with Gasteiger partial charge in [0.2, 0.25) is 0 Å². The van der Waals surface area contributed by atoms with Gasteiger partial charge in [0, 0.05) is 27.9 Å². The Morgan fingerprint density at radius 3 is 2.65 bits per heavy atom. The van der Waals surface area contributed by atoms with Gasteiger partial charge in [0.15, 0.2) is 17.1 Å². The fourth-order valence-corrected chi connectivity index (χ4v) is 3.91. The van der Waals surface area contributed by atoms with Gasteiger partial charge < -0.3 is 9.30 Å². The molecule has 26 heavy (non-hydrogen) atoms. The van der Waals surface area contributed by atoms with Crippen LogP contribution in [-0.2, 0) is 12.8 Å².